The van der Waals surface area contributed by atoms with E-state index in [9.17, 15) is 5.11 Å². The van der Waals surface area contributed by atoms with Crippen LogP contribution < -0.4 is 14.8 Å². The maximum absolute atomic E-state index is 10.3. The summed E-state index contributed by atoms with van der Waals surface area (Å²) in [5.74, 6) is 1.35. The number of nitrogens with zero attached hydrogens (tertiary/aromatic N) is 2. The Labute approximate surface area is 124 Å². The number of rotatable bonds is 8. The van der Waals surface area contributed by atoms with Gasteiger partial charge in [-0.05, 0) is 18.2 Å². The van der Waals surface area contributed by atoms with Crippen LogP contribution >= 0.6 is 0 Å². The van der Waals surface area contributed by atoms with Gasteiger partial charge in [0.1, 0.15) is 11.5 Å². The van der Waals surface area contributed by atoms with Gasteiger partial charge in [0.25, 0.3) is 0 Å². The van der Waals surface area contributed by atoms with E-state index < -0.39 is 6.10 Å². The van der Waals surface area contributed by atoms with E-state index in [1.165, 1.54) is 0 Å². The lowest BCUT2D eigenvalue weighted by Gasteiger charge is -2.16. The van der Waals surface area contributed by atoms with Crippen LogP contribution in [-0.4, -0.2) is 42.0 Å². The maximum Gasteiger partial charge on any atom is 0.124 e. The normalized spacial score (nSPS) is 12.1. The van der Waals surface area contributed by atoms with E-state index >= 15 is 0 Å². The van der Waals surface area contributed by atoms with Crippen LogP contribution in [0.25, 0.3) is 0 Å². The third-order valence-corrected chi connectivity index (χ3v) is 3.24. The Balaban J connectivity index is 1.88. The zero-order chi connectivity index (χ0) is 15.1. The second-order valence-corrected chi connectivity index (χ2v) is 4.63. The largest absolute Gasteiger partial charge is 0.497 e. The lowest BCUT2D eigenvalue weighted by molar-refractivity contribution is 0.170. The lowest BCUT2D eigenvalue weighted by atomic mass is 10.1. The molecule has 0 bridgehead atoms. The van der Waals surface area contributed by atoms with Crippen LogP contribution in [-0.2, 0) is 6.54 Å². The molecule has 0 fully saturated rings. The molecule has 0 amide bonds. The van der Waals surface area contributed by atoms with Gasteiger partial charge in [-0.15, -0.1) is 0 Å². The third kappa shape index (κ3) is 4.21. The first kappa shape index (κ1) is 15.3. The summed E-state index contributed by atoms with van der Waals surface area (Å²) in [6.07, 6.45) is 4.76. The van der Waals surface area contributed by atoms with Gasteiger partial charge in [0.05, 0.1) is 26.7 Å². The van der Waals surface area contributed by atoms with Crippen LogP contribution in [0, 0.1) is 0 Å². The predicted molar refractivity (Wildman–Crippen MR) is 79.6 cm³/mol. The van der Waals surface area contributed by atoms with Crippen molar-refractivity contribution in [1.82, 2.24) is 14.9 Å². The summed E-state index contributed by atoms with van der Waals surface area (Å²) in [4.78, 5) is 3.98. The summed E-state index contributed by atoms with van der Waals surface area (Å²) in [6, 6.07) is 5.39. The molecule has 2 aromatic rings. The second-order valence-electron chi connectivity index (χ2n) is 4.63. The van der Waals surface area contributed by atoms with Gasteiger partial charge in [0, 0.05) is 37.6 Å². The number of aliphatic hydroxyl groups is 1. The van der Waals surface area contributed by atoms with Crippen molar-refractivity contribution in [3.8, 4) is 11.5 Å². The summed E-state index contributed by atoms with van der Waals surface area (Å²) < 4.78 is 12.4. The molecule has 21 heavy (non-hydrogen) atoms. The number of imidazole rings is 1. The fourth-order valence-electron chi connectivity index (χ4n) is 2.08. The smallest absolute Gasteiger partial charge is 0.124 e. The van der Waals surface area contributed by atoms with E-state index in [0.717, 1.165) is 13.1 Å². The van der Waals surface area contributed by atoms with E-state index in [2.05, 4.69) is 10.3 Å². The van der Waals surface area contributed by atoms with E-state index in [-0.39, 0.29) is 0 Å². The number of aromatic nitrogens is 2. The summed E-state index contributed by atoms with van der Waals surface area (Å²) in [5, 5.41) is 13.5. The highest BCUT2D eigenvalue weighted by Crippen LogP contribution is 2.28. The van der Waals surface area contributed by atoms with E-state index in [1.54, 1.807) is 38.9 Å². The maximum atomic E-state index is 10.3. The number of hydrogen-bond acceptors (Lipinski definition) is 5. The molecule has 0 saturated heterocycles. The average molecular weight is 291 g/mol. The highest BCUT2D eigenvalue weighted by Gasteiger charge is 2.14. The molecule has 6 heteroatoms. The molecule has 2 N–H and O–H groups in total. The Morgan fingerprint density at radius 2 is 2.19 bits per heavy atom. The summed E-state index contributed by atoms with van der Waals surface area (Å²) in [5.41, 5.74) is 0.715. The number of nitrogens with one attached hydrogen (secondary N) is 1. The molecular weight excluding hydrogens is 270 g/mol. The first-order chi connectivity index (χ1) is 10.2. The predicted octanol–water partition coefficient (Wildman–Crippen LogP) is 1.22. The lowest BCUT2D eigenvalue weighted by Crippen LogP contribution is -2.25. The molecule has 0 aliphatic carbocycles. The van der Waals surface area contributed by atoms with Crippen molar-refractivity contribution >= 4 is 0 Å². The van der Waals surface area contributed by atoms with Crippen molar-refractivity contribution in [2.75, 3.05) is 27.3 Å². The first-order valence-electron chi connectivity index (χ1n) is 6.81. The molecule has 1 atom stereocenters. The summed E-state index contributed by atoms with van der Waals surface area (Å²) >= 11 is 0. The highest BCUT2D eigenvalue weighted by atomic mass is 16.5. The monoisotopic (exact) mass is 291 g/mol. The quantitative estimate of drug-likeness (QED) is 0.716. The molecule has 1 aromatic heterocycles. The number of ether oxygens (including phenoxy) is 2. The van der Waals surface area contributed by atoms with Crippen LogP contribution in [0.2, 0.25) is 0 Å². The molecule has 0 saturated carbocycles. The van der Waals surface area contributed by atoms with Gasteiger partial charge in [-0.25, -0.2) is 4.98 Å². The molecular formula is C15H21N3O3. The van der Waals surface area contributed by atoms with Crippen molar-refractivity contribution in [3.63, 3.8) is 0 Å². The Morgan fingerprint density at radius 1 is 1.33 bits per heavy atom. The zero-order valence-electron chi connectivity index (χ0n) is 12.3. The third-order valence-electron chi connectivity index (χ3n) is 3.24. The highest BCUT2D eigenvalue weighted by molar-refractivity contribution is 5.41. The van der Waals surface area contributed by atoms with Crippen LogP contribution in [0.15, 0.2) is 36.9 Å². The SMILES string of the molecule is COc1ccc(OC)c(C(O)CNCCn2ccnc2)c1. The Morgan fingerprint density at radius 3 is 2.86 bits per heavy atom. The van der Waals surface area contributed by atoms with Gasteiger partial charge in [0.2, 0.25) is 0 Å². The molecule has 1 aromatic carbocycles. The average Bonchev–Trinajstić information content (AvgIpc) is 3.04. The van der Waals surface area contributed by atoms with Gasteiger partial charge in [-0.2, -0.15) is 0 Å². The zero-order valence-corrected chi connectivity index (χ0v) is 12.3. The molecule has 0 aliphatic heterocycles. The number of hydrogen-bond donors (Lipinski definition) is 2. The molecule has 0 aliphatic rings. The van der Waals surface area contributed by atoms with Gasteiger partial charge in [0.15, 0.2) is 0 Å². The van der Waals surface area contributed by atoms with Crippen LogP contribution in [0.4, 0.5) is 0 Å². The minimum Gasteiger partial charge on any atom is -0.497 e. The fraction of sp³-hybridized carbons (Fsp3) is 0.400. The van der Waals surface area contributed by atoms with Crippen LogP contribution in [0.5, 0.6) is 11.5 Å². The van der Waals surface area contributed by atoms with Crippen molar-refractivity contribution in [2.24, 2.45) is 0 Å². The minimum absolute atomic E-state index is 0.443. The molecule has 1 unspecified atom stereocenters. The van der Waals surface area contributed by atoms with Gasteiger partial charge < -0.3 is 24.5 Å². The van der Waals surface area contributed by atoms with Gasteiger partial charge in [-0.3, -0.25) is 0 Å². The molecule has 0 spiro atoms. The van der Waals surface area contributed by atoms with Crippen molar-refractivity contribution < 1.29 is 14.6 Å². The number of benzene rings is 1. The number of aliphatic hydroxyl groups excluding tert-OH is 1. The Kier molecular flexibility index (Phi) is 5.59. The molecule has 0 radical (unpaired) electrons. The standard InChI is InChI=1S/C15H21N3O3/c1-20-12-3-4-15(21-2)13(9-12)14(19)10-16-5-7-18-8-6-17-11-18/h3-4,6,8-9,11,14,16,19H,5,7,10H2,1-2H3. The molecule has 1 heterocycles. The van der Waals surface area contributed by atoms with Crippen molar-refractivity contribution in [3.05, 3.63) is 42.5 Å². The Hall–Kier alpha value is -2.05. The molecule has 2 rings (SSSR count). The topological polar surface area (TPSA) is 68.5 Å². The minimum atomic E-state index is -0.655. The van der Waals surface area contributed by atoms with Crippen LogP contribution in [0.1, 0.15) is 11.7 Å². The summed E-state index contributed by atoms with van der Waals surface area (Å²) in [6.45, 7) is 2.00. The van der Waals surface area contributed by atoms with Crippen LogP contribution in [0.3, 0.4) is 0 Å². The molecule has 6 nitrogen and oxygen atoms in total. The first-order valence-corrected chi connectivity index (χ1v) is 6.81. The van der Waals surface area contributed by atoms with E-state index in [4.69, 9.17) is 9.47 Å². The second kappa shape index (κ2) is 7.66. The fourth-order valence-corrected chi connectivity index (χ4v) is 2.08. The van der Waals surface area contributed by atoms with E-state index in [0.29, 0.717) is 23.6 Å². The number of methoxy groups -OCH3 is 2. The molecule has 114 valence electrons. The van der Waals surface area contributed by atoms with Crippen molar-refractivity contribution in [1.29, 1.82) is 0 Å². The van der Waals surface area contributed by atoms with Crippen molar-refractivity contribution in [2.45, 2.75) is 12.6 Å². The van der Waals surface area contributed by atoms with Gasteiger partial charge >= 0.3 is 0 Å². The Bertz CT molecular complexity index is 543. The van der Waals surface area contributed by atoms with E-state index in [1.807, 2.05) is 16.8 Å². The summed E-state index contributed by atoms with van der Waals surface area (Å²) in [7, 11) is 3.19. The van der Waals surface area contributed by atoms with Gasteiger partial charge in [-0.1, -0.05) is 0 Å².